The van der Waals surface area contributed by atoms with Gasteiger partial charge in [0.05, 0.1) is 11.3 Å². The molecule has 0 atom stereocenters. The summed E-state index contributed by atoms with van der Waals surface area (Å²) >= 11 is 1.24. The molecule has 0 fully saturated rings. The van der Waals surface area contributed by atoms with Crippen LogP contribution in [0.2, 0.25) is 0 Å². The van der Waals surface area contributed by atoms with Crippen molar-refractivity contribution in [3.05, 3.63) is 65.5 Å². The first-order valence-corrected chi connectivity index (χ1v) is 7.02. The van der Waals surface area contributed by atoms with Crippen molar-refractivity contribution in [3.8, 4) is 0 Å². The van der Waals surface area contributed by atoms with Gasteiger partial charge in [-0.3, -0.25) is 0 Å². The highest BCUT2D eigenvalue weighted by Gasteiger charge is 2.12. The van der Waals surface area contributed by atoms with Gasteiger partial charge in [0.15, 0.2) is 0 Å². The Kier molecular flexibility index (Phi) is 4.94. The Labute approximate surface area is 124 Å². The summed E-state index contributed by atoms with van der Waals surface area (Å²) in [6.07, 6.45) is 0. The number of oxime groups is 1. The van der Waals surface area contributed by atoms with Gasteiger partial charge < -0.3 is 10.3 Å². The first-order valence-electron chi connectivity index (χ1n) is 6.04. The van der Waals surface area contributed by atoms with E-state index in [1.165, 1.54) is 42.1 Å². The fourth-order valence-corrected chi connectivity index (χ4v) is 2.73. The van der Waals surface area contributed by atoms with E-state index >= 15 is 0 Å². The van der Waals surface area contributed by atoms with E-state index < -0.39 is 5.97 Å². The van der Waals surface area contributed by atoms with Gasteiger partial charge in [0, 0.05) is 16.2 Å². The quantitative estimate of drug-likeness (QED) is 0.384. The van der Waals surface area contributed by atoms with Crippen molar-refractivity contribution >= 4 is 23.4 Å². The van der Waals surface area contributed by atoms with Crippen LogP contribution in [0.3, 0.4) is 0 Å². The van der Waals surface area contributed by atoms with Crippen molar-refractivity contribution in [1.29, 1.82) is 0 Å². The summed E-state index contributed by atoms with van der Waals surface area (Å²) in [6, 6.07) is 12.2. The lowest BCUT2D eigenvalue weighted by molar-refractivity contribution is 0.0693. The third-order valence-electron chi connectivity index (χ3n) is 2.78. The highest BCUT2D eigenvalue weighted by molar-refractivity contribution is 8.00. The summed E-state index contributed by atoms with van der Waals surface area (Å²) in [5, 5.41) is 21.4. The molecular formula is C15H12FNO3S. The van der Waals surface area contributed by atoms with Gasteiger partial charge >= 0.3 is 5.97 Å². The monoisotopic (exact) mass is 305 g/mol. The van der Waals surface area contributed by atoms with Gasteiger partial charge in [-0.15, -0.1) is 11.8 Å². The zero-order chi connectivity index (χ0) is 15.2. The van der Waals surface area contributed by atoms with Crippen LogP contribution in [-0.4, -0.2) is 27.7 Å². The van der Waals surface area contributed by atoms with E-state index in [0.717, 1.165) is 0 Å². The minimum absolute atomic E-state index is 0.193. The van der Waals surface area contributed by atoms with E-state index in [1.54, 1.807) is 18.2 Å². The second kappa shape index (κ2) is 6.90. The molecule has 0 radical (unpaired) electrons. The molecule has 21 heavy (non-hydrogen) atoms. The van der Waals surface area contributed by atoms with Crippen molar-refractivity contribution in [2.45, 2.75) is 4.90 Å². The molecule has 0 amide bonds. The number of nitrogens with zero attached hydrogens (tertiary/aromatic N) is 1. The van der Waals surface area contributed by atoms with Crippen LogP contribution in [0.25, 0.3) is 0 Å². The van der Waals surface area contributed by atoms with Gasteiger partial charge in [0.1, 0.15) is 5.82 Å². The summed E-state index contributed by atoms with van der Waals surface area (Å²) in [5.74, 6) is -1.12. The summed E-state index contributed by atoms with van der Waals surface area (Å²) in [5.41, 5.74) is 1.12. The largest absolute Gasteiger partial charge is 0.478 e. The van der Waals surface area contributed by atoms with Crippen molar-refractivity contribution < 1.29 is 19.5 Å². The maximum absolute atomic E-state index is 12.9. The van der Waals surface area contributed by atoms with E-state index in [2.05, 4.69) is 5.16 Å². The first-order chi connectivity index (χ1) is 10.1. The molecule has 0 bridgehead atoms. The van der Waals surface area contributed by atoms with Crippen LogP contribution in [0, 0.1) is 5.82 Å². The summed E-state index contributed by atoms with van der Waals surface area (Å²) in [7, 11) is 0. The lowest BCUT2D eigenvalue weighted by Gasteiger charge is -2.07. The predicted octanol–water partition coefficient (Wildman–Crippen LogP) is 3.49. The molecule has 0 unspecified atom stereocenters. The SMILES string of the molecule is O=C(O)c1ccccc1SC/C(=N/O)c1ccc(F)cc1. The minimum Gasteiger partial charge on any atom is -0.478 e. The molecule has 0 heterocycles. The molecule has 2 aromatic carbocycles. The second-order valence-corrected chi connectivity index (χ2v) is 5.16. The van der Waals surface area contributed by atoms with Crippen molar-refractivity contribution in [2.24, 2.45) is 5.16 Å². The van der Waals surface area contributed by atoms with Crippen molar-refractivity contribution in [1.82, 2.24) is 0 Å². The Balaban J connectivity index is 2.15. The zero-order valence-electron chi connectivity index (χ0n) is 10.9. The molecule has 2 rings (SSSR count). The van der Waals surface area contributed by atoms with Gasteiger partial charge in [0.2, 0.25) is 0 Å². The van der Waals surface area contributed by atoms with Crippen molar-refractivity contribution in [2.75, 3.05) is 5.75 Å². The molecule has 0 aromatic heterocycles. The number of hydrogen-bond acceptors (Lipinski definition) is 4. The first kappa shape index (κ1) is 15.1. The molecule has 2 aromatic rings. The lowest BCUT2D eigenvalue weighted by Crippen LogP contribution is -2.06. The molecule has 2 N–H and O–H groups in total. The fourth-order valence-electron chi connectivity index (χ4n) is 1.73. The molecule has 4 nitrogen and oxygen atoms in total. The predicted molar refractivity (Wildman–Crippen MR) is 78.8 cm³/mol. The number of carbonyl (C=O) groups is 1. The number of thioether (sulfide) groups is 1. The molecule has 0 aliphatic rings. The van der Waals surface area contributed by atoms with Crippen LogP contribution in [-0.2, 0) is 0 Å². The Morgan fingerprint density at radius 2 is 1.81 bits per heavy atom. The molecule has 6 heteroatoms. The fraction of sp³-hybridized carbons (Fsp3) is 0.0667. The van der Waals surface area contributed by atoms with E-state index in [1.807, 2.05) is 0 Å². The Morgan fingerprint density at radius 3 is 2.43 bits per heavy atom. The molecule has 0 spiro atoms. The number of carboxylic acids is 1. The van der Waals surface area contributed by atoms with E-state index in [4.69, 9.17) is 10.3 Å². The number of halogens is 1. The van der Waals surface area contributed by atoms with E-state index in [-0.39, 0.29) is 17.1 Å². The zero-order valence-corrected chi connectivity index (χ0v) is 11.7. The third kappa shape index (κ3) is 3.82. The molecule has 0 saturated heterocycles. The lowest BCUT2D eigenvalue weighted by atomic mass is 10.1. The van der Waals surface area contributed by atoms with Gasteiger partial charge in [-0.1, -0.05) is 29.4 Å². The number of hydrogen-bond donors (Lipinski definition) is 2. The molecule has 0 aliphatic carbocycles. The van der Waals surface area contributed by atoms with Gasteiger partial charge in [-0.25, -0.2) is 9.18 Å². The highest BCUT2D eigenvalue weighted by Crippen LogP contribution is 2.24. The maximum atomic E-state index is 12.9. The van der Waals surface area contributed by atoms with Crippen LogP contribution in [0.4, 0.5) is 4.39 Å². The van der Waals surface area contributed by atoms with E-state index in [9.17, 15) is 9.18 Å². The van der Waals surface area contributed by atoms with Crippen LogP contribution in [0.15, 0.2) is 58.6 Å². The number of rotatable bonds is 5. The average Bonchev–Trinajstić information content (AvgIpc) is 2.50. The smallest absolute Gasteiger partial charge is 0.336 e. The number of benzene rings is 2. The van der Waals surface area contributed by atoms with Gasteiger partial charge in [0.25, 0.3) is 0 Å². The summed E-state index contributed by atoms with van der Waals surface area (Å²) < 4.78 is 12.9. The van der Waals surface area contributed by atoms with Crippen LogP contribution < -0.4 is 0 Å². The Bertz CT molecular complexity index is 671. The van der Waals surface area contributed by atoms with Crippen LogP contribution in [0.5, 0.6) is 0 Å². The van der Waals surface area contributed by atoms with Crippen LogP contribution in [0.1, 0.15) is 15.9 Å². The minimum atomic E-state index is -1.01. The normalized spacial score (nSPS) is 11.4. The number of carboxylic acid groups (broad SMARTS) is 1. The van der Waals surface area contributed by atoms with Gasteiger partial charge in [-0.2, -0.15) is 0 Å². The standard InChI is InChI=1S/C15H12FNO3S/c16-11-7-5-10(6-8-11)13(17-20)9-21-14-4-2-1-3-12(14)15(18)19/h1-8,20H,9H2,(H,18,19)/b17-13-. The average molecular weight is 305 g/mol. The van der Waals surface area contributed by atoms with Crippen molar-refractivity contribution in [3.63, 3.8) is 0 Å². The highest BCUT2D eigenvalue weighted by atomic mass is 32.2. The molecule has 0 aliphatic heterocycles. The summed E-state index contributed by atoms with van der Waals surface area (Å²) in [6.45, 7) is 0. The van der Waals surface area contributed by atoms with Gasteiger partial charge in [-0.05, 0) is 24.3 Å². The van der Waals surface area contributed by atoms with Crippen LogP contribution >= 0.6 is 11.8 Å². The number of aromatic carboxylic acids is 1. The molecule has 0 saturated carbocycles. The third-order valence-corrected chi connectivity index (χ3v) is 3.86. The van der Waals surface area contributed by atoms with E-state index in [0.29, 0.717) is 16.2 Å². The molecule has 108 valence electrons. The summed E-state index contributed by atoms with van der Waals surface area (Å²) in [4.78, 5) is 11.7. The topological polar surface area (TPSA) is 69.9 Å². The second-order valence-electron chi connectivity index (χ2n) is 4.14. The Hall–Kier alpha value is -2.34. The Morgan fingerprint density at radius 1 is 1.14 bits per heavy atom. The maximum Gasteiger partial charge on any atom is 0.336 e. The molecular weight excluding hydrogens is 293 g/mol.